The van der Waals surface area contributed by atoms with E-state index in [1.165, 1.54) is 7.05 Å². The van der Waals surface area contributed by atoms with E-state index in [0.717, 1.165) is 13.1 Å². The van der Waals surface area contributed by atoms with Gasteiger partial charge in [0, 0.05) is 20.1 Å². The number of rotatable bonds is 2. The lowest BCUT2D eigenvalue weighted by Crippen LogP contribution is -2.52. The first-order chi connectivity index (χ1) is 7.15. The summed E-state index contributed by atoms with van der Waals surface area (Å²) in [6, 6.07) is -0.772. The lowest BCUT2D eigenvalue weighted by molar-refractivity contribution is -0.126. The Kier molecular flexibility index (Phi) is 4.51. The van der Waals surface area contributed by atoms with Crippen molar-refractivity contribution in [3.8, 4) is 0 Å². The number of carbonyl (C=O) groups excluding carboxylic acids is 2. The smallest absolute Gasteiger partial charge is 0.321 e. The van der Waals surface area contributed by atoms with Crippen molar-refractivity contribution in [2.45, 2.75) is 13.0 Å². The minimum absolute atomic E-state index is 0.281. The van der Waals surface area contributed by atoms with Gasteiger partial charge in [-0.05, 0) is 6.92 Å². The van der Waals surface area contributed by atoms with Crippen LogP contribution in [0.3, 0.4) is 0 Å². The maximum Gasteiger partial charge on any atom is 0.321 e. The average molecular weight is 215 g/mol. The Morgan fingerprint density at radius 3 is 2.47 bits per heavy atom. The van der Waals surface area contributed by atoms with Crippen LogP contribution in [0.1, 0.15) is 6.92 Å². The highest BCUT2D eigenvalue weighted by atomic mass is 16.5. The number of amides is 3. The molecule has 0 aromatic rings. The highest BCUT2D eigenvalue weighted by Gasteiger charge is 2.23. The van der Waals surface area contributed by atoms with E-state index < -0.39 is 6.03 Å². The van der Waals surface area contributed by atoms with Gasteiger partial charge < -0.3 is 10.1 Å². The summed E-state index contributed by atoms with van der Waals surface area (Å²) in [5.74, 6) is -0.281. The normalized spacial score (nSPS) is 19.3. The number of urea groups is 1. The van der Waals surface area contributed by atoms with E-state index in [0.29, 0.717) is 13.2 Å². The van der Waals surface area contributed by atoms with Crippen molar-refractivity contribution in [2.24, 2.45) is 0 Å². The van der Waals surface area contributed by atoms with E-state index in [2.05, 4.69) is 10.6 Å². The van der Waals surface area contributed by atoms with Gasteiger partial charge in [0.05, 0.1) is 19.3 Å². The minimum Gasteiger partial charge on any atom is -0.379 e. The van der Waals surface area contributed by atoms with Crippen molar-refractivity contribution in [3.63, 3.8) is 0 Å². The number of hydrogen-bond acceptors (Lipinski definition) is 4. The van der Waals surface area contributed by atoms with Gasteiger partial charge in [-0.25, -0.2) is 4.79 Å². The number of nitrogens with zero attached hydrogens (tertiary/aromatic N) is 1. The first kappa shape index (κ1) is 11.9. The zero-order chi connectivity index (χ0) is 11.3. The molecule has 0 radical (unpaired) electrons. The molecule has 1 heterocycles. The predicted octanol–water partition coefficient (Wildman–Crippen LogP) is -0.837. The van der Waals surface area contributed by atoms with E-state index in [4.69, 9.17) is 4.74 Å². The largest absolute Gasteiger partial charge is 0.379 e. The van der Waals surface area contributed by atoms with Gasteiger partial charge >= 0.3 is 6.03 Å². The van der Waals surface area contributed by atoms with Crippen LogP contribution in [0.4, 0.5) is 4.79 Å². The van der Waals surface area contributed by atoms with Crippen LogP contribution in [0, 0.1) is 0 Å². The van der Waals surface area contributed by atoms with E-state index in [1.54, 1.807) is 6.92 Å². The lowest BCUT2D eigenvalue weighted by atomic mass is 10.2. The van der Waals surface area contributed by atoms with E-state index >= 15 is 0 Å². The number of carbonyl (C=O) groups is 2. The van der Waals surface area contributed by atoms with Crippen molar-refractivity contribution in [3.05, 3.63) is 0 Å². The molecule has 3 amide bonds. The molecule has 0 aromatic carbocycles. The third-order valence-electron chi connectivity index (χ3n) is 2.44. The number of imide groups is 1. The van der Waals surface area contributed by atoms with E-state index in [-0.39, 0.29) is 11.9 Å². The van der Waals surface area contributed by atoms with Gasteiger partial charge in [-0.15, -0.1) is 0 Å². The van der Waals surface area contributed by atoms with Crippen molar-refractivity contribution in [1.82, 2.24) is 15.5 Å². The fourth-order valence-corrected chi connectivity index (χ4v) is 1.41. The van der Waals surface area contributed by atoms with Crippen LogP contribution in [0.5, 0.6) is 0 Å². The molecule has 2 N–H and O–H groups in total. The molecule has 0 aromatic heterocycles. The Morgan fingerprint density at radius 1 is 1.33 bits per heavy atom. The van der Waals surface area contributed by atoms with Gasteiger partial charge in [0.25, 0.3) is 0 Å². The summed E-state index contributed by atoms with van der Waals surface area (Å²) in [7, 11) is 1.47. The molecule has 0 unspecified atom stereocenters. The van der Waals surface area contributed by atoms with E-state index in [1.807, 2.05) is 4.90 Å². The molecule has 1 fully saturated rings. The Hall–Kier alpha value is -1.14. The summed E-state index contributed by atoms with van der Waals surface area (Å²) in [4.78, 5) is 24.5. The summed E-state index contributed by atoms with van der Waals surface area (Å²) in [6.07, 6.45) is 0. The summed E-state index contributed by atoms with van der Waals surface area (Å²) in [5.41, 5.74) is 0. The molecule has 6 nitrogen and oxygen atoms in total. The fraction of sp³-hybridized carbons (Fsp3) is 0.778. The van der Waals surface area contributed by atoms with Crippen molar-refractivity contribution in [1.29, 1.82) is 0 Å². The number of nitrogens with one attached hydrogen (secondary N) is 2. The van der Waals surface area contributed by atoms with Crippen LogP contribution in [0.2, 0.25) is 0 Å². The number of morpholine rings is 1. The molecule has 1 atom stereocenters. The van der Waals surface area contributed by atoms with Crippen LogP contribution in [0.25, 0.3) is 0 Å². The average Bonchev–Trinajstić information content (AvgIpc) is 2.29. The molecule has 6 heteroatoms. The molecule has 15 heavy (non-hydrogen) atoms. The minimum atomic E-state index is -0.472. The third kappa shape index (κ3) is 3.49. The van der Waals surface area contributed by atoms with Gasteiger partial charge in [-0.2, -0.15) is 0 Å². The maximum absolute atomic E-state index is 11.6. The van der Waals surface area contributed by atoms with Crippen molar-refractivity contribution < 1.29 is 14.3 Å². The second kappa shape index (κ2) is 5.67. The van der Waals surface area contributed by atoms with Crippen molar-refractivity contribution >= 4 is 11.9 Å². The van der Waals surface area contributed by atoms with Crippen LogP contribution in [0.15, 0.2) is 0 Å². The molecule has 0 bridgehead atoms. The first-order valence-electron chi connectivity index (χ1n) is 4.99. The monoisotopic (exact) mass is 215 g/mol. The van der Waals surface area contributed by atoms with Crippen LogP contribution >= 0.6 is 0 Å². The highest BCUT2D eigenvalue weighted by molar-refractivity contribution is 5.96. The van der Waals surface area contributed by atoms with Gasteiger partial charge in [0.15, 0.2) is 0 Å². The molecule has 1 saturated heterocycles. The van der Waals surface area contributed by atoms with Crippen LogP contribution < -0.4 is 10.6 Å². The standard InChI is InChI=1S/C9H17N3O3/c1-7(8(13)11-9(14)10-2)12-3-5-15-6-4-12/h7H,3-6H2,1-2H3,(H2,10,11,13,14)/t7-/m1/s1. The molecule has 0 saturated carbocycles. The Labute approximate surface area is 88.9 Å². The molecule has 0 aliphatic carbocycles. The Morgan fingerprint density at radius 2 is 1.93 bits per heavy atom. The molecule has 1 aliphatic heterocycles. The van der Waals surface area contributed by atoms with Crippen molar-refractivity contribution in [2.75, 3.05) is 33.4 Å². The number of ether oxygens (including phenoxy) is 1. The fourth-order valence-electron chi connectivity index (χ4n) is 1.41. The molecule has 86 valence electrons. The van der Waals surface area contributed by atoms with Crippen LogP contribution in [-0.2, 0) is 9.53 Å². The SMILES string of the molecule is CNC(=O)NC(=O)[C@@H](C)N1CCOCC1. The summed E-state index contributed by atoms with van der Waals surface area (Å²) >= 11 is 0. The van der Waals surface area contributed by atoms with Crippen LogP contribution in [-0.4, -0.2) is 56.2 Å². The van der Waals surface area contributed by atoms with Gasteiger partial charge in [0.1, 0.15) is 0 Å². The summed E-state index contributed by atoms with van der Waals surface area (Å²) < 4.78 is 5.18. The maximum atomic E-state index is 11.6. The summed E-state index contributed by atoms with van der Waals surface area (Å²) in [6.45, 7) is 4.50. The molecular formula is C9H17N3O3. The Bertz CT molecular complexity index is 239. The Balaban J connectivity index is 2.40. The molecule has 1 aliphatic rings. The molecular weight excluding hydrogens is 198 g/mol. The quantitative estimate of drug-likeness (QED) is 0.630. The second-order valence-electron chi connectivity index (χ2n) is 3.39. The molecule has 1 rings (SSSR count). The zero-order valence-corrected chi connectivity index (χ0v) is 9.08. The van der Waals surface area contributed by atoms with Gasteiger partial charge in [0.2, 0.25) is 5.91 Å². The zero-order valence-electron chi connectivity index (χ0n) is 9.08. The predicted molar refractivity (Wildman–Crippen MR) is 54.5 cm³/mol. The van der Waals surface area contributed by atoms with E-state index in [9.17, 15) is 9.59 Å². The van der Waals surface area contributed by atoms with Gasteiger partial charge in [-0.3, -0.25) is 15.0 Å². The second-order valence-corrected chi connectivity index (χ2v) is 3.39. The topological polar surface area (TPSA) is 70.7 Å². The number of hydrogen-bond donors (Lipinski definition) is 2. The summed E-state index contributed by atoms with van der Waals surface area (Å²) in [5, 5.41) is 4.59. The highest BCUT2D eigenvalue weighted by Crippen LogP contribution is 2.03. The third-order valence-corrected chi connectivity index (χ3v) is 2.44. The molecule has 0 spiro atoms. The first-order valence-corrected chi connectivity index (χ1v) is 4.99. The lowest BCUT2D eigenvalue weighted by Gasteiger charge is -2.31. The van der Waals surface area contributed by atoms with Gasteiger partial charge in [-0.1, -0.05) is 0 Å².